The van der Waals surface area contributed by atoms with E-state index >= 15 is 0 Å². The van der Waals surface area contributed by atoms with Gasteiger partial charge in [0.05, 0.1) is 0 Å². The van der Waals surface area contributed by atoms with Gasteiger partial charge in [-0.1, -0.05) is 20.8 Å². The second-order valence-corrected chi connectivity index (χ2v) is 8.25. The lowest BCUT2D eigenvalue weighted by Crippen LogP contribution is -2.61. The predicted molar refractivity (Wildman–Crippen MR) is 109 cm³/mol. The maximum absolute atomic E-state index is 13.4. The molecule has 0 radical (unpaired) electrons. The van der Waals surface area contributed by atoms with Crippen LogP contribution in [0.4, 0.5) is 10.5 Å². The third-order valence-corrected chi connectivity index (χ3v) is 5.40. The number of carboxylic acid groups (broad SMARTS) is 1. The molecular formula is C20H21N3O4S. The zero-order valence-corrected chi connectivity index (χ0v) is 16.5. The minimum Gasteiger partial charge on any atom is -0.493 e. The van der Waals surface area contributed by atoms with Crippen molar-refractivity contribution in [2.24, 2.45) is 5.41 Å². The molecule has 2 heterocycles. The average Bonchev–Trinajstić information content (AvgIpc) is 3.13. The molecule has 28 heavy (non-hydrogen) atoms. The third-order valence-electron chi connectivity index (χ3n) is 4.72. The highest BCUT2D eigenvalue weighted by atomic mass is 32.1. The van der Waals surface area contributed by atoms with E-state index < -0.39 is 23.0 Å². The van der Waals surface area contributed by atoms with E-state index in [9.17, 15) is 19.8 Å². The molecule has 0 unspecified atom stereocenters. The first kappa shape index (κ1) is 19.6. The van der Waals surface area contributed by atoms with Crippen molar-refractivity contribution in [2.75, 3.05) is 5.32 Å². The van der Waals surface area contributed by atoms with Crippen molar-refractivity contribution in [1.29, 1.82) is 0 Å². The highest BCUT2D eigenvalue weighted by molar-refractivity contribution is 7.08. The smallest absolute Gasteiger partial charge is 0.405 e. The van der Waals surface area contributed by atoms with Crippen molar-refractivity contribution >= 4 is 39.8 Å². The molecule has 0 saturated heterocycles. The van der Waals surface area contributed by atoms with Crippen molar-refractivity contribution in [3.63, 3.8) is 0 Å². The summed E-state index contributed by atoms with van der Waals surface area (Å²) in [6.07, 6.45) is 0.186. The molecule has 8 heteroatoms. The van der Waals surface area contributed by atoms with Gasteiger partial charge in [-0.2, -0.15) is 11.3 Å². The van der Waals surface area contributed by atoms with E-state index in [2.05, 4.69) is 15.6 Å². The largest absolute Gasteiger partial charge is 0.493 e. The van der Waals surface area contributed by atoms with Gasteiger partial charge in [0.2, 0.25) is 5.88 Å². The van der Waals surface area contributed by atoms with Crippen LogP contribution >= 0.6 is 11.3 Å². The van der Waals surface area contributed by atoms with E-state index in [0.717, 1.165) is 0 Å². The normalized spacial score (nSPS) is 13.7. The summed E-state index contributed by atoms with van der Waals surface area (Å²) in [6.45, 7) is 5.43. The molecule has 7 nitrogen and oxygen atoms in total. The highest BCUT2D eigenvalue weighted by Gasteiger charge is 2.51. The van der Waals surface area contributed by atoms with Crippen molar-refractivity contribution in [2.45, 2.75) is 26.3 Å². The third kappa shape index (κ3) is 3.38. The van der Waals surface area contributed by atoms with Gasteiger partial charge >= 0.3 is 6.09 Å². The summed E-state index contributed by atoms with van der Waals surface area (Å²) < 4.78 is 0. The van der Waals surface area contributed by atoms with Gasteiger partial charge in [0.15, 0.2) is 5.54 Å². The topological polar surface area (TPSA) is 112 Å². The molecule has 146 valence electrons. The quantitative estimate of drug-likeness (QED) is 0.527. The van der Waals surface area contributed by atoms with E-state index in [0.29, 0.717) is 22.0 Å². The number of amides is 2. The zero-order valence-electron chi connectivity index (χ0n) is 15.7. The van der Waals surface area contributed by atoms with Gasteiger partial charge in [0, 0.05) is 17.3 Å². The van der Waals surface area contributed by atoms with E-state index in [1.54, 1.807) is 41.1 Å². The van der Waals surface area contributed by atoms with Crippen LogP contribution in [0.2, 0.25) is 0 Å². The van der Waals surface area contributed by atoms with Crippen LogP contribution in [-0.4, -0.2) is 27.2 Å². The number of carbonyl (C=O) groups is 2. The molecule has 3 rings (SSSR count). The molecule has 3 aromatic rings. The zero-order chi connectivity index (χ0) is 20.5. The Hall–Kier alpha value is -3.13. The van der Waals surface area contributed by atoms with Crippen LogP contribution in [-0.2, 0) is 10.3 Å². The number of anilines is 1. The average molecular weight is 399 g/mol. The molecule has 0 bridgehead atoms. The minimum absolute atomic E-state index is 0.0924. The summed E-state index contributed by atoms with van der Waals surface area (Å²) in [5.41, 5.74) is -1.18. The molecule has 0 aliphatic rings. The molecule has 4 N–H and O–H groups in total. The summed E-state index contributed by atoms with van der Waals surface area (Å²) in [6, 6.07) is 8.47. The summed E-state index contributed by atoms with van der Waals surface area (Å²) in [7, 11) is 0. The van der Waals surface area contributed by atoms with Crippen molar-refractivity contribution in [3.8, 4) is 5.88 Å². The fourth-order valence-corrected chi connectivity index (χ4v) is 4.03. The molecule has 0 aliphatic carbocycles. The molecule has 0 aliphatic heterocycles. The van der Waals surface area contributed by atoms with E-state index in [1.165, 1.54) is 17.5 Å². The lowest BCUT2D eigenvalue weighted by atomic mass is 9.69. The summed E-state index contributed by atoms with van der Waals surface area (Å²) >= 11 is 1.39. The number of nitrogens with zero attached hydrogens (tertiary/aromatic N) is 1. The highest BCUT2D eigenvalue weighted by Crippen LogP contribution is 2.41. The SMILES string of the molecule is CC(C)(C)[C@](NC(=O)O)(C(=O)Nc1ccc2c(O)nccc2c1)c1ccsc1. The van der Waals surface area contributed by atoms with Crippen LogP contribution in [0.1, 0.15) is 26.3 Å². The second kappa shape index (κ2) is 7.12. The molecule has 0 fully saturated rings. The fourth-order valence-electron chi connectivity index (χ4n) is 3.32. The number of hydrogen-bond donors (Lipinski definition) is 4. The summed E-state index contributed by atoms with van der Waals surface area (Å²) in [5, 5.41) is 29.4. The number of nitrogens with one attached hydrogen (secondary N) is 2. The first-order valence-electron chi connectivity index (χ1n) is 8.58. The number of benzene rings is 1. The number of pyridine rings is 1. The number of hydrogen-bond acceptors (Lipinski definition) is 5. The molecule has 1 atom stereocenters. The lowest BCUT2D eigenvalue weighted by molar-refractivity contribution is -0.127. The van der Waals surface area contributed by atoms with Gasteiger partial charge in [-0.25, -0.2) is 9.78 Å². The first-order chi connectivity index (χ1) is 13.1. The van der Waals surface area contributed by atoms with Gasteiger partial charge in [-0.15, -0.1) is 0 Å². The molecular weight excluding hydrogens is 378 g/mol. The molecule has 0 saturated carbocycles. The maximum Gasteiger partial charge on any atom is 0.405 e. The Labute approximate surface area is 166 Å². The number of aromatic nitrogens is 1. The van der Waals surface area contributed by atoms with Gasteiger partial charge in [-0.3, -0.25) is 4.79 Å². The Morgan fingerprint density at radius 3 is 2.50 bits per heavy atom. The molecule has 2 aromatic heterocycles. The standard InChI is InChI=1S/C20H21N3O4S/c1-19(2,3)20(23-18(26)27,13-7-9-28-11-13)17(25)22-14-4-5-15-12(10-14)6-8-21-16(15)24/h4-11,23H,1-3H3,(H,21,24)(H,22,25)(H,26,27)/t20-/m1/s1. The van der Waals surface area contributed by atoms with E-state index in [1.807, 2.05) is 20.8 Å². The van der Waals surface area contributed by atoms with Gasteiger partial charge in [-0.05, 0) is 57.5 Å². The van der Waals surface area contributed by atoms with Gasteiger partial charge in [0.25, 0.3) is 5.91 Å². The molecule has 1 aromatic carbocycles. The number of aromatic hydroxyl groups is 1. The number of carbonyl (C=O) groups excluding carboxylic acids is 1. The monoisotopic (exact) mass is 399 g/mol. The first-order valence-corrected chi connectivity index (χ1v) is 9.52. The van der Waals surface area contributed by atoms with Crippen LogP contribution in [0, 0.1) is 5.41 Å². The summed E-state index contributed by atoms with van der Waals surface area (Å²) in [5.74, 6) is -0.580. The van der Waals surface area contributed by atoms with Crippen LogP contribution in [0.15, 0.2) is 47.3 Å². The van der Waals surface area contributed by atoms with Gasteiger partial charge in [0.1, 0.15) is 0 Å². The van der Waals surface area contributed by atoms with Crippen LogP contribution in [0.3, 0.4) is 0 Å². The van der Waals surface area contributed by atoms with Crippen LogP contribution in [0.5, 0.6) is 5.88 Å². The Morgan fingerprint density at radius 2 is 1.89 bits per heavy atom. The van der Waals surface area contributed by atoms with Crippen LogP contribution in [0.25, 0.3) is 10.8 Å². The lowest BCUT2D eigenvalue weighted by Gasteiger charge is -2.42. The van der Waals surface area contributed by atoms with Gasteiger partial charge < -0.3 is 20.8 Å². The van der Waals surface area contributed by atoms with Crippen LogP contribution < -0.4 is 10.6 Å². The molecule has 0 spiro atoms. The Morgan fingerprint density at radius 1 is 1.14 bits per heavy atom. The number of thiophene rings is 1. The Bertz CT molecular complexity index is 1030. The van der Waals surface area contributed by atoms with E-state index in [4.69, 9.17) is 0 Å². The number of fused-ring (bicyclic) bond motifs is 1. The Kier molecular flexibility index (Phi) is 4.99. The van der Waals surface area contributed by atoms with E-state index in [-0.39, 0.29) is 5.88 Å². The number of rotatable bonds is 4. The van der Waals surface area contributed by atoms with Crippen molar-refractivity contribution in [3.05, 3.63) is 52.9 Å². The Balaban J connectivity index is 2.06. The molecule has 2 amide bonds. The second-order valence-electron chi connectivity index (χ2n) is 7.47. The minimum atomic E-state index is -1.49. The predicted octanol–water partition coefficient (Wildman–Crippen LogP) is 4.15. The fraction of sp³-hybridized carbons (Fsp3) is 0.250. The maximum atomic E-state index is 13.4. The summed E-state index contributed by atoms with van der Waals surface area (Å²) in [4.78, 5) is 28.9. The van der Waals surface area contributed by atoms with Crippen molar-refractivity contribution in [1.82, 2.24) is 10.3 Å². The van der Waals surface area contributed by atoms with Crippen molar-refractivity contribution < 1.29 is 19.8 Å².